The van der Waals surface area contributed by atoms with Crippen LogP contribution in [0.1, 0.15) is 36.0 Å². The molecule has 0 atom stereocenters. The number of nitro groups is 1. The minimum atomic E-state index is -0.883. The first kappa shape index (κ1) is 13.6. The van der Waals surface area contributed by atoms with Gasteiger partial charge < -0.3 is 11.5 Å². The molecule has 0 spiro atoms. The van der Waals surface area contributed by atoms with E-state index in [9.17, 15) is 14.9 Å². The van der Waals surface area contributed by atoms with Gasteiger partial charge in [0.15, 0.2) is 5.78 Å². The van der Waals surface area contributed by atoms with E-state index in [0.29, 0.717) is 18.4 Å². The van der Waals surface area contributed by atoms with Crippen LogP contribution in [-0.4, -0.2) is 22.3 Å². The Morgan fingerprint density at radius 3 is 2.26 bits per heavy atom. The summed E-state index contributed by atoms with van der Waals surface area (Å²) in [6.45, 7) is 0. The number of nitro benzene ring substituents is 1. The van der Waals surface area contributed by atoms with E-state index in [1.165, 1.54) is 24.3 Å². The van der Waals surface area contributed by atoms with Crippen molar-refractivity contribution >= 4 is 11.5 Å². The molecule has 0 amide bonds. The maximum atomic E-state index is 12.4. The summed E-state index contributed by atoms with van der Waals surface area (Å²) in [7, 11) is 0. The van der Waals surface area contributed by atoms with Gasteiger partial charge in [-0.1, -0.05) is 0 Å². The predicted molar refractivity (Wildman–Crippen MR) is 70.8 cm³/mol. The number of hydrogen-bond donors (Lipinski definition) is 2. The van der Waals surface area contributed by atoms with Crippen LogP contribution in [0.3, 0.4) is 0 Å². The Morgan fingerprint density at radius 1 is 1.26 bits per heavy atom. The van der Waals surface area contributed by atoms with Crippen molar-refractivity contribution in [2.45, 2.75) is 37.3 Å². The Morgan fingerprint density at radius 2 is 1.79 bits per heavy atom. The third-order valence-electron chi connectivity index (χ3n) is 3.72. The smallest absolute Gasteiger partial charge is 0.269 e. The highest BCUT2D eigenvalue weighted by Gasteiger charge is 2.37. The predicted octanol–water partition coefficient (Wildman–Crippen LogP) is 1.38. The van der Waals surface area contributed by atoms with Crippen LogP contribution >= 0.6 is 0 Å². The molecule has 2 rings (SSSR count). The Hall–Kier alpha value is -1.79. The molecule has 1 aromatic rings. The van der Waals surface area contributed by atoms with Gasteiger partial charge in [0.25, 0.3) is 5.69 Å². The lowest BCUT2D eigenvalue weighted by Crippen LogP contribution is -2.52. The SMILES string of the molecule is NC1CCC(N)(C(=O)c2ccc([N+](=O)[O-])cc2)CC1. The van der Waals surface area contributed by atoms with Gasteiger partial charge in [0.1, 0.15) is 0 Å². The molecule has 1 aromatic carbocycles. The van der Waals surface area contributed by atoms with Crippen molar-refractivity contribution < 1.29 is 9.72 Å². The van der Waals surface area contributed by atoms with E-state index in [2.05, 4.69) is 0 Å². The van der Waals surface area contributed by atoms with Crippen LogP contribution in [0.25, 0.3) is 0 Å². The molecule has 6 nitrogen and oxygen atoms in total. The van der Waals surface area contributed by atoms with Crippen LogP contribution in [0.2, 0.25) is 0 Å². The Bertz CT molecular complexity index is 490. The lowest BCUT2D eigenvalue weighted by atomic mass is 9.76. The summed E-state index contributed by atoms with van der Waals surface area (Å²) >= 11 is 0. The highest BCUT2D eigenvalue weighted by molar-refractivity contribution is 6.03. The molecular weight excluding hydrogens is 246 g/mol. The summed E-state index contributed by atoms with van der Waals surface area (Å²) in [6.07, 6.45) is 2.58. The molecule has 1 fully saturated rings. The van der Waals surface area contributed by atoms with Gasteiger partial charge in [0.2, 0.25) is 0 Å². The molecule has 19 heavy (non-hydrogen) atoms. The van der Waals surface area contributed by atoms with E-state index in [1.807, 2.05) is 0 Å². The van der Waals surface area contributed by atoms with Gasteiger partial charge in [-0.05, 0) is 37.8 Å². The maximum absolute atomic E-state index is 12.4. The molecule has 0 saturated heterocycles. The Labute approximate surface area is 110 Å². The van der Waals surface area contributed by atoms with E-state index in [0.717, 1.165) is 12.8 Å². The van der Waals surface area contributed by atoms with Gasteiger partial charge in [-0.2, -0.15) is 0 Å². The summed E-state index contributed by atoms with van der Waals surface area (Å²) < 4.78 is 0. The second-order valence-electron chi connectivity index (χ2n) is 5.13. The van der Waals surface area contributed by atoms with Crippen LogP contribution in [-0.2, 0) is 0 Å². The van der Waals surface area contributed by atoms with Gasteiger partial charge in [-0.15, -0.1) is 0 Å². The molecule has 0 radical (unpaired) electrons. The van der Waals surface area contributed by atoms with E-state index in [4.69, 9.17) is 11.5 Å². The second kappa shape index (κ2) is 5.07. The van der Waals surface area contributed by atoms with Crippen molar-refractivity contribution in [1.29, 1.82) is 0 Å². The van der Waals surface area contributed by atoms with Gasteiger partial charge in [-0.25, -0.2) is 0 Å². The number of ketones is 1. The fourth-order valence-electron chi connectivity index (χ4n) is 2.40. The van der Waals surface area contributed by atoms with E-state index >= 15 is 0 Å². The normalized spacial score (nSPS) is 26.9. The standard InChI is InChI=1S/C13H17N3O3/c14-10-5-7-13(15,8-6-10)12(17)9-1-3-11(4-2-9)16(18)19/h1-4,10H,5-8,14-15H2. The molecule has 6 heteroatoms. The van der Waals surface area contributed by atoms with Crippen LogP contribution in [0.4, 0.5) is 5.69 Å². The third kappa shape index (κ3) is 2.80. The zero-order valence-corrected chi connectivity index (χ0v) is 10.5. The Kier molecular flexibility index (Phi) is 3.64. The second-order valence-corrected chi connectivity index (χ2v) is 5.13. The highest BCUT2D eigenvalue weighted by Crippen LogP contribution is 2.29. The molecule has 0 aromatic heterocycles. The zero-order chi connectivity index (χ0) is 14.0. The molecule has 1 aliphatic rings. The molecule has 0 heterocycles. The minimum absolute atomic E-state index is 0.0340. The average Bonchev–Trinajstić information content (AvgIpc) is 2.41. The van der Waals surface area contributed by atoms with Crippen LogP contribution in [0, 0.1) is 10.1 Å². The quantitative estimate of drug-likeness (QED) is 0.486. The first-order chi connectivity index (χ1) is 8.92. The number of hydrogen-bond acceptors (Lipinski definition) is 5. The third-order valence-corrected chi connectivity index (χ3v) is 3.72. The first-order valence-electron chi connectivity index (χ1n) is 6.26. The van der Waals surface area contributed by atoms with Crippen molar-refractivity contribution in [3.8, 4) is 0 Å². The largest absolute Gasteiger partial charge is 0.328 e. The molecule has 1 saturated carbocycles. The fraction of sp³-hybridized carbons (Fsp3) is 0.462. The fourth-order valence-corrected chi connectivity index (χ4v) is 2.40. The highest BCUT2D eigenvalue weighted by atomic mass is 16.6. The molecule has 0 bridgehead atoms. The minimum Gasteiger partial charge on any atom is -0.328 e. The number of Topliss-reactive ketones (excluding diaryl/α,β-unsaturated/α-hetero) is 1. The van der Waals surface area contributed by atoms with Gasteiger partial charge in [0, 0.05) is 23.7 Å². The number of nitrogens with zero attached hydrogens (tertiary/aromatic N) is 1. The average molecular weight is 263 g/mol. The van der Waals surface area contributed by atoms with E-state index in [1.54, 1.807) is 0 Å². The molecule has 0 unspecified atom stereocenters. The first-order valence-corrected chi connectivity index (χ1v) is 6.26. The number of nitrogens with two attached hydrogens (primary N) is 2. The number of rotatable bonds is 3. The summed E-state index contributed by atoms with van der Waals surface area (Å²) in [5, 5.41) is 10.6. The molecule has 0 aliphatic heterocycles. The molecular formula is C13H17N3O3. The van der Waals surface area contributed by atoms with Crippen molar-refractivity contribution in [1.82, 2.24) is 0 Å². The zero-order valence-electron chi connectivity index (χ0n) is 10.5. The lowest BCUT2D eigenvalue weighted by molar-refractivity contribution is -0.384. The molecule has 1 aliphatic carbocycles. The lowest BCUT2D eigenvalue weighted by Gasteiger charge is -2.34. The number of carbonyl (C=O) groups is 1. The van der Waals surface area contributed by atoms with Gasteiger partial charge in [-0.3, -0.25) is 14.9 Å². The van der Waals surface area contributed by atoms with Crippen molar-refractivity contribution in [3.63, 3.8) is 0 Å². The number of benzene rings is 1. The van der Waals surface area contributed by atoms with Crippen molar-refractivity contribution in [2.24, 2.45) is 11.5 Å². The number of non-ortho nitro benzene ring substituents is 1. The summed E-state index contributed by atoms with van der Waals surface area (Å²) in [6, 6.07) is 5.69. The number of carbonyl (C=O) groups excluding carboxylic acids is 1. The molecule has 4 N–H and O–H groups in total. The van der Waals surface area contributed by atoms with Gasteiger partial charge in [0.05, 0.1) is 10.5 Å². The summed E-state index contributed by atoms with van der Waals surface area (Å²) in [5.41, 5.74) is 11.5. The Balaban J connectivity index is 2.17. The van der Waals surface area contributed by atoms with Crippen LogP contribution in [0.15, 0.2) is 24.3 Å². The topological polar surface area (TPSA) is 112 Å². The van der Waals surface area contributed by atoms with E-state index in [-0.39, 0.29) is 17.5 Å². The molecule has 102 valence electrons. The van der Waals surface area contributed by atoms with Crippen molar-refractivity contribution in [2.75, 3.05) is 0 Å². The summed E-state index contributed by atoms with van der Waals surface area (Å²) in [5.74, 6) is -0.158. The van der Waals surface area contributed by atoms with Gasteiger partial charge >= 0.3 is 0 Å². The monoisotopic (exact) mass is 263 g/mol. The van der Waals surface area contributed by atoms with E-state index < -0.39 is 10.5 Å². The summed E-state index contributed by atoms with van der Waals surface area (Å²) in [4.78, 5) is 22.4. The van der Waals surface area contributed by atoms with Crippen LogP contribution < -0.4 is 11.5 Å². The van der Waals surface area contributed by atoms with Crippen LogP contribution in [0.5, 0.6) is 0 Å². The van der Waals surface area contributed by atoms with Crippen molar-refractivity contribution in [3.05, 3.63) is 39.9 Å². The maximum Gasteiger partial charge on any atom is 0.269 e.